The molecule has 132 valence electrons. The minimum absolute atomic E-state index is 0.0390. The fraction of sp³-hybridized carbons (Fsp3) is 0.389. The van der Waals surface area contributed by atoms with Crippen LogP contribution in [0.3, 0.4) is 0 Å². The molecular formula is C18H23N5O2. The Hall–Kier alpha value is -2.83. The number of likely N-dealkylation sites (tertiary alicyclic amines) is 1. The number of hydrogen-bond donors (Lipinski definition) is 2. The average Bonchev–Trinajstić information content (AvgIpc) is 3.15. The molecule has 7 heteroatoms. The monoisotopic (exact) mass is 341 g/mol. The van der Waals surface area contributed by atoms with Crippen molar-refractivity contribution >= 4 is 11.9 Å². The van der Waals surface area contributed by atoms with Crippen molar-refractivity contribution in [2.45, 2.75) is 32.4 Å². The van der Waals surface area contributed by atoms with Crippen molar-refractivity contribution in [3.8, 4) is 5.69 Å². The molecule has 2 aromatic rings. The zero-order valence-corrected chi connectivity index (χ0v) is 14.7. The first kappa shape index (κ1) is 17.0. The van der Waals surface area contributed by atoms with Gasteiger partial charge in [0, 0.05) is 31.7 Å². The highest BCUT2D eigenvalue weighted by atomic mass is 16.2. The number of nitrogens with one attached hydrogen (secondary N) is 2. The Labute approximate surface area is 147 Å². The first-order valence-electron chi connectivity index (χ1n) is 8.38. The summed E-state index contributed by atoms with van der Waals surface area (Å²) in [5.41, 5.74) is 2.02. The van der Waals surface area contributed by atoms with E-state index >= 15 is 0 Å². The number of aromatic nitrogens is 2. The summed E-state index contributed by atoms with van der Waals surface area (Å²) >= 11 is 0. The number of carbonyl (C=O) groups excluding carboxylic acids is 2. The van der Waals surface area contributed by atoms with Crippen molar-refractivity contribution in [2.75, 3.05) is 13.6 Å². The van der Waals surface area contributed by atoms with Gasteiger partial charge >= 0.3 is 6.03 Å². The Morgan fingerprint density at radius 1 is 1.32 bits per heavy atom. The summed E-state index contributed by atoms with van der Waals surface area (Å²) in [4.78, 5) is 29.8. The predicted octanol–water partition coefficient (Wildman–Crippen LogP) is 1.77. The van der Waals surface area contributed by atoms with Gasteiger partial charge in [-0.2, -0.15) is 0 Å². The zero-order chi connectivity index (χ0) is 18.0. The molecule has 2 N–H and O–H groups in total. The van der Waals surface area contributed by atoms with Crippen molar-refractivity contribution < 1.29 is 9.59 Å². The first-order chi connectivity index (χ1) is 12.0. The minimum atomic E-state index is -0.427. The molecule has 25 heavy (non-hydrogen) atoms. The molecule has 2 heterocycles. The third-order valence-corrected chi connectivity index (χ3v) is 4.58. The number of imidazole rings is 1. The molecule has 1 aliphatic rings. The van der Waals surface area contributed by atoms with Crippen LogP contribution in [0.2, 0.25) is 0 Å². The van der Waals surface area contributed by atoms with E-state index in [-0.39, 0.29) is 18.0 Å². The first-order valence-corrected chi connectivity index (χ1v) is 8.38. The summed E-state index contributed by atoms with van der Waals surface area (Å²) in [6, 6.07) is 7.04. The molecule has 3 amide bonds. The number of benzene rings is 1. The molecule has 7 nitrogen and oxygen atoms in total. The van der Waals surface area contributed by atoms with Crippen LogP contribution >= 0.6 is 0 Å². The molecule has 1 aliphatic heterocycles. The van der Waals surface area contributed by atoms with Gasteiger partial charge in [0.25, 0.3) is 0 Å². The fourth-order valence-corrected chi connectivity index (χ4v) is 3.01. The third-order valence-electron chi connectivity index (χ3n) is 4.58. The maximum Gasteiger partial charge on any atom is 0.315 e. The zero-order valence-electron chi connectivity index (χ0n) is 14.7. The molecule has 0 spiro atoms. The lowest BCUT2D eigenvalue weighted by Crippen LogP contribution is -2.46. The van der Waals surface area contributed by atoms with E-state index in [9.17, 15) is 9.59 Å². The van der Waals surface area contributed by atoms with E-state index in [0.29, 0.717) is 13.0 Å². The normalized spacial score (nSPS) is 18.3. The summed E-state index contributed by atoms with van der Waals surface area (Å²) in [7, 11) is 1.74. The second kappa shape index (κ2) is 6.96. The van der Waals surface area contributed by atoms with Crippen molar-refractivity contribution in [1.82, 2.24) is 25.1 Å². The Balaban J connectivity index is 1.59. The van der Waals surface area contributed by atoms with E-state index in [1.807, 2.05) is 48.9 Å². The van der Waals surface area contributed by atoms with E-state index in [1.165, 1.54) is 0 Å². The fourth-order valence-electron chi connectivity index (χ4n) is 3.01. The average molecular weight is 341 g/mol. The van der Waals surface area contributed by atoms with Gasteiger partial charge in [0.05, 0.1) is 6.04 Å². The lowest BCUT2D eigenvalue weighted by Gasteiger charge is -2.18. The summed E-state index contributed by atoms with van der Waals surface area (Å²) in [6.45, 7) is 4.54. The van der Waals surface area contributed by atoms with Crippen LogP contribution in [0.4, 0.5) is 4.79 Å². The molecule has 3 rings (SSSR count). The number of rotatable bonds is 4. The molecule has 2 atom stereocenters. The number of aryl methyl sites for hydroxylation is 1. The van der Waals surface area contributed by atoms with Crippen LogP contribution in [0, 0.1) is 6.92 Å². The van der Waals surface area contributed by atoms with E-state index in [1.54, 1.807) is 18.1 Å². The summed E-state index contributed by atoms with van der Waals surface area (Å²) < 4.78 is 2.00. The quantitative estimate of drug-likeness (QED) is 0.889. The molecule has 0 radical (unpaired) electrons. The van der Waals surface area contributed by atoms with Crippen LogP contribution in [0.15, 0.2) is 36.7 Å². The number of carbonyl (C=O) groups is 2. The van der Waals surface area contributed by atoms with Crippen molar-refractivity contribution in [3.05, 3.63) is 48.0 Å². The number of nitrogens with zero attached hydrogens (tertiary/aromatic N) is 3. The molecule has 0 unspecified atom stereocenters. The lowest BCUT2D eigenvalue weighted by atomic mass is 10.1. The van der Waals surface area contributed by atoms with Crippen LogP contribution in [0.1, 0.15) is 30.8 Å². The summed E-state index contributed by atoms with van der Waals surface area (Å²) in [5.74, 6) is 0.882. The van der Waals surface area contributed by atoms with E-state index in [2.05, 4.69) is 15.6 Å². The summed E-state index contributed by atoms with van der Waals surface area (Å²) in [5, 5.41) is 5.63. The minimum Gasteiger partial charge on any atom is -0.344 e. The maximum absolute atomic E-state index is 12.1. The predicted molar refractivity (Wildman–Crippen MR) is 94.4 cm³/mol. The van der Waals surface area contributed by atoms with Crippen molar-refractivity contribution in [2.24, 2.45) is 0 Å². The van der Waals surface area contributed by atoms with Crippen molar-refractivity contribution in [3.63, 3.8) is 0 Å². The van der Waals surface area contributed by atoms with Gasteiger partial charge in [-0.3, -0.25) is 4.79 Å². The number of hydrogen-bond acceptors (Lipinski definition) is 3. The smallest absolute Gasteiger partial charge is 0.315 e. The Kier molecular flexibility index (Phi) is 4.74. The second-order valence-corrected chi connectivity index (χ2v) is 6.38. The highest BCUT2D eigenvalue weighted by Crippen LogP contribution is 2.17. The van der Waals surface area contributed by atoms with E-state index in [4.69, 9.17) is 0 Å². The molecule has 0 saturated carbocycles. The SMILES string of the molecule is Cc1nccn1-c1ccc([C@H](C)NC(=O)N[C@H]2CCN(C)C2=O)cc1. The van der Waals surface area contributed by atoms with Gasteiger partial charge in [-0.05, 0) is 38.0 Å². The molecule has 0 aliphatic carbocycles. The van der Waals surface area contributed by atoms with Gasteiger partial charge < -0.3 is 20.1 Å². The highest BCUT2D eigenvalue weighted by molar-refractivity contribution is 5.88. The maximum atomic E-state index is 12.1. The van der Waals surface area contributed by atoms with Gasteiger partial charge in [0.1, 0.15) is 11.9 Å². The van der Waals surface area contributed by atoms with E-state index < -0.39 is 6.04 Å². The molecule has 1 fully saturated rings. The van der Waals surface area contributed by atoms with Crippen LogP contribution in [0.5, 0.6) is 0 Å². The largest absolute Gasteiger partial charge is 0.344 e. The van der Waals surface area contributed by atoms with Crippen LogP contribution in [0.25, 0.3) is 5.69 Å². The van der Waals surface area contributed by atoms with Gasteiger partial charge in [0.15, 0.2) is 0 Å². The number of urea groups is 1. The third kappa shape index (κ3) is 3.65. The molecule has 1 aromatic carbocycles. The van der Waals surface area contributed by atoms with Crippen LogP contribution in [-0.2, 0) is 4.79 Å². The molecule has 1 saturated heterocycles. The van der Waals surface area contributed by atoms with E-state index in [0.717, 1.165) is 17.1 Å². The van der Waals surface area contributed by atoms with Gasteiger partial charge in [0.2, 0.25) is 5.91 Å². The van der Waals surface area contributed by atoms with Crippen LogP contribution in [-0.4, -0.2) is 46.0 Å². The number of amides is 3. The van der Waals surface area contributed by atoms with Gasteiger partial charge in [-0.15, -0.1) is 0 Å². The summed E-state index contributed by atoms with van der Waals surface area (Å²) in [6.07, 6.45) is 4.32. The molecule has 0 bridgehead atoms. The second-order valence-electron chi connectivity index (χ2n) is 6.38. The molecular weight excluding hydrogens is 318 g/mol. The van der Waals surface area contributed by atoms with Gasteiger partial charge in [-0.25, -0.2) is 9.78 Å². The topological polar surface area (TPSA) is 79.3 Å². The Bertz CT molecular complexity index is 768. The number of likely N-dealkylation sites (N-methyl/N-ethyl adjacent to an activating group) is 1. The standard InChI is InChI=1S/C18H23N5O2/c1-12(20-18(25)21-16-8-10-22(3)17(16)24)14-4-6-15(7-5-14)23-11-9-19-13(23)2/h4-7,9,11-12,16H,8,10H2,1-3H3,(H2,20,21,25)/t12-,16-/m0/s1. The van der Waals surface area contributed by atoms with Crippen molar-refractivity contribution in [1.29, 1.82) is 0 Å². The van der Waals surface area contributed by atoms with Gasteiger partial charge in [-0.1, -0.05) is 12.1 Å². The molecule has 1 aromatic heterocycles. The Morgan fingerprint density at radius 2 is 2.04 bits per heavy atom. The Morgan fingerprint density at radius 3 is 2.60 bits per heavy atom. The van der Waals surface area contributed by atoms with Crippen LogP contribution < -0.4 is 10.6 Å². The highest BCUT2D eigenvalue weighted by Gasteiger charge is 2.30. The lowest BCUT2D eigenvalue weighted by molar-refractivity contribution is -0.128.